The molecule has 0 radical (unpaired) electrons. The molecule has 2 aromatic rings. The molecule has 5 nitrogen and oxygen atoms in total. The van der Waals surface area contributed by atoms with Gasteiger partial charge in [-0.1, -0.05) is 13.0 Å². The summed E-state index contributed by atoms with van der Waals surface area (Å²) in [6.45, 7) is 5.94. The Morgan fingerprint density at radius 2 is 2.08 bits per heavy atom. The molecule has 7 heteroatoms. The highest BCUT2D eigenvalue weighted by Gasteiger charge is 2.06. The van der Waals surface area contributed by atoms with Crippen LogP contribution in [0.1, 0.15) is 29.3 Å². The van der Waals surface area contributed by atoms with Crippen molar-refractivity contribution >= 4 is 23.0 Å². The fourth-order valence-corrected chi connectivity index (χ4v) is 3.08. The maximum atomic E-state index is 14.1. The van der Waals surface area contributed by atoms with E-state index in [9.17, 15) is 4.39 Å². The molecule has 0 aliphatic carbocycles. The van der Waals surface area contributed by atoms with E-state index in [0.29, 0.717) is 24.7 Å². The largest absolute Gasteiger partial charge is 0.375 e. The zero-order valence-electron chi connectivity index (χ0n) is 15.3. The highest BCUT2D eigenvalue weighted by molar-refractivity contribution is 7.11. The molecule has 0 bridgehead atoms. The van der Waals surface area contributed by atoms with E-state index < -0.39 is 0 Å². The van der Waals surface area contributed by atoms with Gasteiger partial charge in [0.25, 0.3) is 0 Å². The predicted molar refractivity (Wildman–Crippen MR) is 104 cm³/mol. The molecule has 0 spiro atoms. The second-order valence-corrected chi connectivity index (χ2v) is 7.00. The van der Waals surface area contributed by atoms with Crippen LogP contribution in [0.5, 0.6) is 0 Å². The number of thiazole rings is 1. The Kier molecular flexibility index (Phi) is 7.18. The first-order valence-corrected chi connectivity index (χ1v) is 9.26. The topological polar surface area (TPSA) is 52.6 Å². The van der Waals surface area contributed by atoms with E-state index in [0.717, 1.165) is 23.5 Å². The Morgan fingerprint density at radius 1 is 1.28 bits per heavy atom. The van der Waals surface area contributed by atoms with Crippen molar-refractivity contribution < 1.29 is 4.39 Å². The van der Waals surface area contributed by atoms with Gasteiger partial charge in [-0.25, -0.2) is 14.4 Å². The summed E-state index contributed by atoms with van der Waals surface area (Å²) in [5, 5.41) is 7.51. The molecule has 0 aliphatic heterocycles. The maximum absolute atomic E-state index is 14.1. The van der Waals surface area contributed by atoms with Crippen LogP contribution in [-0.4, -0.2) is 31.6 Å². The van der Waals surface area contributed by atoms with E-state index in [1.807, 2.05) is 33.3 Å². The fraction of sp³-hybridized carbons (Fsp3) is 0.444. The summed E-state index contributed by atoms with van der Waals surface area (Å²) in [6, 6.07) is 5.22. The van der Waals surface area contributed by atoms with E-state index >= 15 is 0 Å². The summed E-state index contributed by atoms with van der Waals surface area (Å²) >= 11 is 1.70. The first kappa shape index (κ1) is 19.2. The van der Waals surface area contributed by atoms with Crippen LogP contribution in [0.4, 0.5) is 10.1 Å². The van der Waals surface area contributed by atoms with Crippen LogP contribution in [0, 0.1) is 5.82 Å². The molecule has 25 heavy (non-hydrogen) atoms. The Hall–Kier alpha value is -2.15. The monoisotopic (exact) mass is 363 g/mol. The first-order valence-electron chi connectivity index (χ1n) is 8.45. The molecule has 0 fully saturated rings. The Balaban J connectivity index is 2.00. The molecule has 2 rings (SSSR count). The van der Waals surface area contributed by atoms with Gasteiger partial charge < -0.3 is 15.5 Å². The minimum absolute atomic E-state index is 0.231. The van der Waals surface area contributed by atoms with Crippen LogP contribution < -0.4 is 15.5 Å². The average molecular weight is 364 g/mol. The van der Waals surface area contributed by atoms with Crippen LogP contribution >= 0.6 is 11.3 Å². The van der Waals surface area contributed by atoms with Crippen molar-refractivity contribution in [2.24, 2.45) is 4.99 Å². The number of benzene rings is 1. The number of guanidine groups is 1. The maximum Gasteiger partial charge on any atom is 0.191 e. The van der Waals surface area contributed by atoms with Crippen LogP contribution in [0.2, 0.25) is 0 Å². The number of nitrogens with zero attached hydrogens (tertiary/aromatic N) is 3. The van der Waals surface area contributed by atoms with Crippen LogP contribution in [0.25, 0.3) is 0 Å². The van der Waals surface area contributed by atoms with Gasteiger partial charge >= 0.3 is 0 Å². The van der Waals surface area contributed by atoms with Gasteiger partial charge in [0, 0.05) is 31.7 Å². The van der Waals surface area contributed by atoms with Crippen molar-refractivity contribution in [2.75, 3.05) is 25.5 Å². The van der Waals surface area contributed by atoms with Gasteiger partial charge in [-0.2, -0.15) is 0 Å². The number of nitrogens with one attached hydrogen (secondary N) is 2. The van der Waals surface area contributed by atoms with E-state index in [-0.39, 0.29) is 5.82 Å². The molecule has 1 heterocycles. The Bertz CT molecular complexity index is 711. The lowest BCUT2D eigenvalue weighted by Gasteiger charge is -2.14. The normalized spacial score (nSPS) is 11.5. The van der Waals surface area contributed by atoms with Gasteiger partial charge in [-0.15, -0.1) is 11.3 Å². The average Bonchev–Trinajstić information content (AvgIpc) is 3.05. The number of hydrogen-bond acceptors (Lipinski definition) is 4. The molecular formula is C18H26FN5S. The quantitative estimate of drug-likeness (QED) is 0.586. The molecule has 2 N–H and O–H groups in total. The van der Waals surface area contributed by atoms with Crippen LogP contribution in [0.3, 0.4) is 0 Å². The lowest BCUT2D eigenvalue weighted by atomic mass is 10.2. The fourth-order valence-electron chi connectivity index (χ4n) is 2.28. The summed E-state index contributed by atoms with van der Waals surface area (Å²) in [5.41, 5.74) is 1.41. The summed E-state index contributed by atoms with van der Waals surface area (Å²) < 4.78 is 14.1. The molecular weight excluding hydrogens is 337 g/mol. The molecule has 0 saturated carbocycles. The number of aromatic nitrogens is 1. The second kappa shape index (κ2) is 9.36. The van der Waals surface area contributed by atoms with Crippen molar-refractivity contribution in [3.8, 4) is 0 Å². The molecule has 1 aromatic heterocycles. The number of aliphatic imine (C=N–C) groups is 1. The first-order chi connectivity index (χ1) is 12.0. The van der Waals surface area contributed by atoms with Gasteiger partial charge in [-0.3, -0.25) is 0 Å². The minimum Gasteiger partial charge on any atom is -0.375 e. The summed E-state index contributed by atoms with van der Waals surface area (Å²) in [7, 11) is 3.65. The summed E-state index contributed by atoms with van der Waals surface area (Å²) in [4.78, 5) is 12.0. The highest BCUT2D eigenvalue weighted by atomic mass is 32.1. The van der Waals surface area contributed by atoms with Gasteiger partial charge in [0.15, 0.2) is 5.96 Å². The van der Waals surface area contributed by atoms with Crippen molar-refractivity contribution in [3.05, 3.63) is 45.7 Å². The Labute approximate surface area is 153 Å². The molecule has 0 saturated heterocycles. The number of rotatable bonds is 7. The summed E-state index contributed by atoms with van der Waals surface area (Å²) in [6.07, 6.45) is 2.92. The smallest absolute Gasteiger partial charge is 0.191 e. The number of aryl methyl sites for hydroxylation is 1. The molecule has 0 amide bonds. The van der Waals surface area contributed by atoms with Gasteiger partial charge in [0.05, 0.1) is 18.8 Å². The highest BCUT2D eigenvalue weighted by Crippen LogP contribution is 2.18. The minimum atomic E-state index is -0.231. The predicted octanol–water partition coefficient (Wildman–Crippen LogP) is 3.17. The standard InChI is InChI=1S/C18H26FN5S/c1-5-14-11-21-17(25-14)12-23-18(20-6-2)22-10-13-7-8-16(24(3)4)15(19)9-13/h7-9,11H,5-6,10,12H2,1-4H3,(H2,20,22,23). The van der Waals surface area contributed by atoms with E-state index in [4.69, 9.17) is 0 Å². The molecule has 0 aliphatic rings. The zero-order chi connectivity index (χ0) is 18.2. The third-order valence-electron chi connectivity index (χ3n) is 3.61. The van der Waals surface area contributed by atoms with Crippen LogP contribution in [0.15, 0.2) is 29.4 Å². The van der Waals surface area contributed by atoms with E-state index in [1.165, 1.54) is 10.9 Å². The number of anilines is 1. The van der Waals surface area contributed by atoms with Crippen molar-refractivity contribution in [2.45, 2.75) is 33.4 Å². The molecule has 136 valence electrons. The van der Waals surface area contributed by atoms with E-state index in [2.05, 4.69) is 27.5 Å². The zero-order valence-corrected chi connectivity index (χ0v) is 16.1. The molecule has 0 unspecified atom stereocenters. The van der Waals surface area contributed by atoms with Crippen molar-refractivity contribution in [3.63, 3.8) is 0 Å². The molecule has 1 aromatic carbocycles. The van der Waals surface area contributed by atoms with Gasteiger partial charge in [-0.05, 0) is 31.0 Å². The lowest BCUT2D eigenvalue weighted by molar-refractivity contribution is 0.624. The van der Waals surface area contributed by atoms with E-state index in [1.54, 1.807) is 22.3 Å². The summed E-state index contributed by atoms with van der Waals surface area (Å²) in [5.74, 6) is 0.471. The number of hydrogen-bond donors (Lipinski definition) is 2. The SMILES string of the molecule is CCNC(=NCc1ccc(N(C)C)c(F)c1)NCc1ncc(CC)s1. The van der Waals surface area contributed by atoms with Crippen molar-refractivity contribution in [1.29, 1.82) is 0 Å². The second-order valence-electron chi connectivity index (χ2n) is 5.80. The van der Waals surface area contributed by atoms with Gasteiger partial charge in [0.1, 0.15) is 10.8 Å². The molecule has 0 atom stereocenters. The third kappa shape index (κ3) is 5.70. The lowest BCUT2D eigenvalue weighted by Crippen LogP contribution is -2.36. The van der Waals surface area contributed by atoms with Crippen LogP contribution in [-0.2, 0) is 19.5 Å². The Morgan fingerprint density at radius 3 is 2.68 bits per heavy atom. The van der Waals surface area contributed by atoms with Crippen molar-refractivity contribution in [1.82, 2.24) is 15.6 Å². The number of halogens is 1. The van der Waals surface area contributed by atoms with Gasteiger partial charge in [0.2, 0.25) is 0 Å². The third-order valence-corrected chi connectivity index (χ3v) is 4.76.